The molecule has 0 saturated carbocycles. The standard InChI is InChI=1S/C12H16N2O2/c1-2-9-5-4-8-14(9)10-6-3-7-13-11(10)12(15)16/h3,6-7,9H,2,4-5,8H2,1H3,(H,15,16)/t9-/m1/s1. The van der Waals surface area contributed by atoms with Crippen molar-refractivity contribution in [1.29, 1.82) is 0 Å². The van der Waals surface area contributed by atoms with Crippen LogP contribution >= 0.6 is 0 Å². The third-order valence-corrected chi connectivity index (χ3v) is 3.15. The Bertz CT molecular complexity index is 392. The van der Waals surface area contributed by atoms with Crippen molar-refractivity contribution in [2.24, 2.45) is 0 Å². The van der Waals surface area contributed by atoms with Crippen LogP contribution in [0.1, 0.15) is 36.7 Å². The molecule has 4 nitrogen and oxygen atoms in total. The van der Waals surface area contributed by atoms with Crippen LogP contribution in [0.25, 0.3) is 0 Å². The first-order valence-corrected chi connectivity index (χ1v) is 5.69. The molecule has 86 valence electrons. The summed E-state index contributed by atoms with van der Waals surface area (Å²) in [7, 11) is 0. The number of carboxylic acids is 1. The summed E-state index contributed by atoms with van der Waals surface area (Å²) in [5.74, 6) is -0.947. The lowest BCUT2D eigenvalue weighted by atomic mass is 10.1. The van der Waals surface area contributed by atoms with Crippen molar-refractivity contribution in [3.05, 3.63) is 24.0 Å². The van der Waals surface area contributed by atoms with E-state index in [2.05, 4.69) is 16.8 Å². The monoisotopic (exact) mass is 220 g/mol. The second-order valence-electron chi connectivity index (χ2n) is 4.07. The Hall–Kier alpha value is -1.58. The van der Waals surface area contributed by atoms with Gasteiger partial charge in [0, 0.05) is 18.8 Å². The number of carbonyl (C=O) groups is 1. The Morgan fingerprint density at radius 2 is 2.50 bits per heavy atom. The van der Waals surface area contributed by atoms with E-state index in [0.717, 1.165) is 31.5 Å². The van der Waals surface area contributed by atoms with Gasteiger partial charge in [0.15, 0.2) is 5.69 Å². The molecule has 1 fully saturated rings. The van der Waals surface area contributed by atoms with Gasteiger partial charge in [0.2, 0.25) is 0 Å². The minimum absolute atomic E-state index is 0.169. The van der Waals surface area contributed by atoms with Crippen LogP contribution < -0.4 is 4.90 Å². The Labute approximate surface area is 94.9 Å². The van der Waals surface area contributed by atoms with Gasteiger partial charge in [0.05, 0.1) is 5.69 Å². The van der Waals surface area contributed by atoms with E-state index in [9.17, 15) is 4.79 Å². The van der Waals surface area contributed by atoms with Crippen molar-refractivity contribution in [2.75, 3.05) is 11.4 Å². The second kappa shape index (κ2) is 4.51. The molecule has 0 spiro atoms. The van der Waals surface area contributed by atoms with E-state index in [-0.39, 0.29) is 5.69 Å². The summed E-state index contributed by atoms with van der Waals surface area (Å²) in [6.45, 7) is 3.07. The molecule has 1 aliphatic rings. The molecule has 1 aromatic heterocycles. The number of rotatable bonds is 3. The highest BCUT2D eigenvalue weighted by molar-refractivity contribution is 5.92. The van der Waals surface area contributed by atoms with Crippen molar-refractivity contribution < 1.29 is 9.90 Å². The smallest absolute Gasteiger partial charge is 0.356 e. The molecule has 0 aliphatic carbocycles. The summed E-state index contributed by atoms with van der Waals surface area (Å²) in [5, 5.41) is 9.10. The molecule has 1 atom stereocenters. The lowest BCUT2D eigenvalue weighted by Gasteiger charge is -2.26. The van der Waals surface area contributed by atoms with Crippen molar-refractivity contribution in [1.82, 2.24) is 4.98 Å². The number of anilines is 1. The number of hydrogen-bond acceptors (Lipinski definition) is 3. The van der Waals surface area contributed by atoms with Crippen LogP contribution in [0.2, 0.25) is 0 Å². The van der Waals surface area contributed by atoms with Crippen molar-refractivity contribution in [3.8, 4) is 0 Å². The topological polar surface area (TPSA) is 53.4 Å². The fourth-order valence-corrected chi connectivity index (χ4v) is 2.37. The van der Waals surface area contributed by atoms with Crippen LogP contribution in [0.3, 0.4) is 0 Å². The lowest BCUT2D eigenvalue weighted by molar-refractivity contribution is 0.0691. The molecule has 0 aromatic carbocycles. The summed E-state index contributed by atoms with van der Waals surface area (Å²) >= 11 is 0. The molecule has 0 bridgehead atoms. The van der Waals surface area contributed by atoms with E-state index in [1.807, 2.05) is 6.07 Å². The van der Waals surface area contributed by atoms with Gasteiger partial charge < -0.3 is 10.0 Å². The van der Waals surface area contributed by atoms with E-state index >= 15 is 0 Å². The summed E-state index contributed by atoms with van der Waals surface area (Å²) in [6.07, 6.45) is 4.86. The molecule has 4 heteroatoms. The van der Waals surface area contributed by atoms with Crippen LogP contribution in [-0.2, 0) is 0 Å². The zero-order chi connectivity index (χ0) is 11.5. The molecule has 0 amide bonds. The van der Waals surface area contributed by atoms with Gasteiger partial charge in [-0.25, -0.2) is 9.78 Å². The molecule has 1 saturated heterocycles. The maximum Gasteiger partial charge on any atom is 0.356 e. The Morgan fingerprint density at radius 3 is 3.19 bits per heavy atom. The zero-order valence-corrected chi connectivity index (χ0v) is 9.39. The molecule has 1 aliphatic heterocycles. The Kier molecular flexibility index (Phi) is 3.08. The Balaban J connectivity index is 2.35. The first kappa shape index (κ1) is 10.9. The largest absolute Gasteiger partial charge is 0.476 e. The SMILES string of the molecule is CC[C@@H]1CCCN1c1cccnc1C(=O)O. The number of nitrogens with zero attached hydrogens (tertiary/aromatic N) is 2. The molecular weight excluding hydrogens is 204 g/mol. The van der Waals surface area contributed by atoms with Gasteiger partial charge in [0.1, 0.15) is 0 Å². The van der Waals surface area contributed by atoms with Gasteiger partial charge in [-0.2, -0.15) is 0 Å². The maximum atomic E-state index is 11.1. The van der Waals surface area contributed by atoms with Crippen LogP contribution in [0.4, 0.5) is 5.69 Å². The average molecular weight is 220 g/mol. The molecule has 16 heavy (non-hydrogen) atoms. The van der Waals surface area contributed by atoms with Gasteiger partial charge >= 0.3 is 5.97 Å². The third kappa shape index (κ3) is 1.87. The zero-order valence-electron chi connectivity index (χ0n) is 9.39. The van der Waals surface area contributed by atoms with Gasteiger partial charge in [-0.1, -0.05) is 6.92 Å². The predicted molar refractivity (Wildman–Crippen MR) is 61.9 cm³/mol. The third-order valence-electron chi connectivity index (χ3n) is 3.15. The predicted octanol–water partition coefficient (Wildman–Crippen LogP) is 2.16. The molecule has 1 aromatic rings. The lowest BCUT2D eigenvalue weighted by Crippen LogP contribution is -2.30. The highest BCUT2D eigenvalue weighted by atomic mass is 16.4. The number of hydrogen-bond donors (Lipinski definition) is 1. The van der Waals surface area contributed by atoms with E-state index in [4.69, 9.17) is 5.11 Å². The van der Waals surface area contributed by atoms with Crippen molar-refractivity contribution in [2.45, 2.75) is 32.2 Å². The van der Waals surface area contributed by atoms with Crippen LogP contribution in [-0.4, -0.2) is 28.6 Å². The van der Waals surface area contributed by atoms with Crippen LogP contribution in [0.15, 0.2) is 18.3 Å². The van der Waals surface area contributed by atoms with Crippen LogP contribution in [0.5, 0.6) is 0 Å². The normalized spacial score (nSPS) is 20.1. The molecule has 0 radical (unpaired) electrons. The van der Waals surface area contributed by atoms with E-state index < -0.39 is 5.97 Å². The average Bonchev–Trinajstić information content (AvgIpc) is 2.76. The maximum absolute atomic E-state index is 11.1. The fourth-order valence-electron chi connectivity index (χ4n) is 2.37. The van der Waals surface area contributed by atoms with E-state index in [1.165, 1.54) is 6.20 Å². The molecular formula is C12H16N2O2. The number of aromatic nitrogens is 1. The second-order valence-corrected chi connectivity index (χ2v) is 4.07. The summed E-state index contributed by atoms with van der Waals surface area (Å²) in [6, 6.07) is 4.11. The fraction of sp³-hybridized carbons (Fsp3) is 0.500. The number of pyridine rings is 1. The van der Waals surface area contributed by atoms with Crippen LogP contribution in [0, 0.1) is 0 Å². The quantitative estimate of drug-likeness (QED) is 0.848. The molecule has 1 N–H and O–H groups in total. The van der Waals surface area contributed by atoms with E-state index in [1.54, 1.807) is 6.07 Å². The van der Waals surface area contributed by atoms with E-state index in [0.29, 0.717) is 6.04 Å². The van der Waals surface area contributed by atoms with Gasteiger partial charge in [-0.15, -0.1) is 0 Å². The summed E-state index contributed by atoms with van der Waals surface area (Å²) in [5.41, 5.74) is 0.933. The first-order chi connectivity index (χ1) is 7.74. The highest BCUT2D eigenvalue weighted by Gasteiger charge is 2.26. The highest BCUT2D eigenvalue weighted by Crippen LogP contribution is 2.28. The summed E-state index contributed by atoms with van der Waals surface area (Å²) in [4.78, 5) is 17.2. The molecule has 2 heterocycles. The first-order valence-electron chi connectivity index (χ1n) is 5.69. The van der Waals surface area contributed by atoms with Gasteiger partial charge in [-0.3, -0.25) is 0 Å². The number of carboxylic acid groups (broad SMARTS) is 1. The number of aromatic carboxylic acids is 1. The molecule has 0 unspecified atom stereocenters. The van der Waals surface area contributed by atoms with Gasteiger partial charge in [-0.05, 0) is 31.4 Å². The van der Waals surface area contributed by atoms with Crippen molar-refractivity contribution in [3.63, 3.8) is 0 Å². The minimum Gasteiger partial charge on any atom is -0.476 e. The van der Waals surface area contributed by atoms with Gasteiger partial charge in [0.25, 0.3) is 0 Å². The Morgan fingerprint density at radius 1 is 1.69 bits per heavy atom. The minimum atomic E-state index is -0.947. The molecule has 2 rings (SSSR count). The van der Waals surface area contributed by atoms with Crippen molar-refractivity contribution >= 4 is 11.7 Å². The summed E-state index contributed by atoms with van der Waals surface area (Å²) < 4.78 is 0.